The Balaban J connectivity index is 2.48. The molecule has 0 fully saturated rings. The van der Waals surface area contributed by atoms with E-state index in [-0.39, 0.29) is 21.3 Å². The summed E-state index contributed by atoms with van der Waals surface area (Å²) in [5, 5.41) is 0.0994. The average Bonchev–Trinajstić information content (AvgIpc) is 2.37. The molecular weight excluding hydrogens is 315 g/mol. The van der Waals surface area contributed by atoms with E-state index in [9.17, 15) is 12.8 Å². The summed E-state index contributed by atoms with van der Waals surface area (Å²) in [6.07, 6.45) is 0. The third kappa shape index (κ3) is 3.28. The van der Waals surface area contributed by atoms with E-state index in [1.807, 2.05) is 6.92 Å². The number of hydrogen-bond acceptors (Lipinski definition) is 3. The molecule has 0 saturated heterocycles. The van der Waals surface area contributed by atoms with E-state index in [0.29, 0.717) is 0 Å². The molecule has 2 rings (SSSR count). The molecule has 0 saturated carbocycles. The topological polar surface area (TPSA) is 72.2 Å². The fourth-order valence-corrected chi connectivity index (χ4v) is 3.31. The minimum absolute atomic E-state index is 0.0331. The minimum Gasteiger partial charge on any atom is -0.398 e. The van der Waals surface area contributed by atoms with Crippen molar-refractivity contribution >= 4 is 33.0 Å². The third-order valence-corrected chi connectivity index (χ3v) is 4.84. The number of sulfonamides is 1. The van der Waals surface area contributed by atoms with Crippen LogP contribution < -0.4 is 10.5 Å². The van der Waals surface area contributed by atoms with Crippen molar-refractivity contribution in [3.63, 3.8) is 0 Å². The van der Waals surface area contributed by atoms with Gasteiger partial charge in [-0.2, -0.15) is 0 Å². The average molecular weight is 329 g/mol. The highest BCUT2D eigenvalue weighted by Crippen LogP contribution is 2.28. The quantitative estimate of drug-likeness (QED) is 0.847. The lowest BCUT2D eigenvalue weighted by atomic mass is 10.1. The Hall–Kier alpha value is -1.79. The summed E-state index contributed by atoms with van der Waals surface area (Å²) in [4.78, 5) is -0.0640. The van der Waals surface area contributed by atoms with E-state index in [1.165, 1.54) is 12.1 Å². The van der Waals surface area contributed by atoms with Crippen LogP contribution in [0.4, 0.5) is 15.8 Å². The smallest absolute Gasteiger partial charge is 0.264 e. The molecule has 3 N–H and O–H groups in total. The molecule has 0 unspecified atom stereocenters. The number of nitrogens with one attached hydrogen (secondary N) is 1. The Labute approximate surface area is 127 Å². The molecule has 0 bridgehead atoms. The van der Waals surface area contributed by atoms with Crippen molar-refractivity contribution < 1.29 is 12.8 Å². The van der Waals surface area contributed by atoms with Crippen molar-refractivity contribution in [2.45, 2.75) is 18.7 Å². The molecule has 0 atom stereocenters. The summed E-state index contributed by atoms with van der Waals surface area (Å²) in [5.74, 6) is -0.592. The van der Waals surface area contributed by atoms with Gasteiger partial charge in [0.1, 0.15) is 10.7 Å². The second-order valence-electron chi connectivity index (χ2n) is 4.70. The number of aryl methyl sites for hydroxylation is 2. The van der Waals surface area contributed by atoms with Crippen LogP contribution in [0.25, 0.3) is 0 Å². The molecule has 0 aliphatic carbocycles. The van der Waals surface area contributed by atoms with Gasteiger partial charge in [0.25, 0.3) is 10.0 Å². The van der Waals surface area contributed by atoms with E-state index in [0.717, 1.165) is 23.3 Å². The summed E-state index contributed by atoms with van der Waals surface area (Å²) >= 11 is 5.86. The van der Waals surface area contributed by atoms with E-state index < -0.39 is 15.8 Å². The van der Waals surface area contributed by atoms with Crippen molar-refractivity contribution in [2.24, 2.45) is 0 Å². The van der Waals surface area contributed by atoms with Crippen LogP contribution in [0.3, 0.4) is 0 Å². The second-order valence-corrected chi connectivity index (χ2v) is 6.76. The lowest BCUT2D eigenvalue weighted by Crippen LogP contribution is -2.15. The fourth-order valence-electron chi connectivity index (χ4n) is 1.82. The predicted octanol–water partition coefficient (Wildman–Crippen LogP) is 3.48. The third-order valence-electron chi connectivity index (χ3n) is 3.09. The van der Waals surface area contributed by atoms with Crippen molar-refractivity contribution in [1.29, 1.82) is 0 Å². The van der Waals surface area contributed by atoms with Crippen LogP contribution in [-0.2, 0) is 10.0 Å². The largest absolute Gasteiger partial charge is 0.398 e. The van der Waals surface area contributed by atoms with Gasteiger partial charge in [-0.25, -0.2) is 12.8 Å². The van der Waals surface area contributed by atoms with Crippen LogP contribution >= 0.6 is 11.6 Å². The van der Waals surface area contributed by atoms with Gasteiger partial charge in [0, 0.05) is 0 Å². The van der Waals surface area contributed by atoms with Gasteiger partial charge >= 0.3 is 0 Å². The normalized spacial score (nSPS) is 11.4. The maximum absolute atomic E-state index is 13.2. The lowest BCUT2D eigenvalue weighted by Gasteiger charge is -2.13. The fraction of sp³-hybridized carbons (Fsp3) is 0.143. The van der Waals surface area contributed by atoms with Crippen molar-refractivity contribution in [2.75, 3.05) is 10.5 Å². The first-order valence-electron chi connectivity index (χ1n) is 6.05. The summed E-state index contributed by atoms with van der Waals surface area (Å²) < 4.78 is 40.2. The number of nitrogen functional groups attached to an aromatic ring is 1. The standard InChI is InChI=1S/C14H14ClFN2O2S/c1-8-5-12(17)14(6-9(8)2)21(19,20)18-13-7-10(16)3-4-11(13)15/h3-7,18H,17H2,1-2H3. The van der Waals surface area contributed by atoms with Gasteiger partial charge in [0.2, 0.25) is 0 Å². The van der Waals surface area contributed by atoms with Crippen LogP contribution in [0.5, 0.6) is 0 Å². The van der Waals surface area contributed by atoms with Gasteiger partial charge in [0.15, 0.2) is 0 Å². The monoisotopic (exact) mass is 328 g/mol. The Kier molecular flexibility index (Phi) is 4.11. The van der Waals surface area contributed by atoms with Crippen molar-refractivity contribution in [3.8, 4) is 0 Å². The molecule has 0 aliphatic rings. The van der Waals surface area contributed by atoms with E-state index in [4.69, 9.17) is 17.3 Å². The zero-order valence-corrected chi connectivity index (χ0v) is 13.0. The molecule has 2 aromatic rings. The highest BCUT2D eigenvalue weighted by Gasteiger charge is 2.20. The number of rotatable bonds is 3. The minimum atomic E-state index is -3.95. The molecule has 112 valence electrons. The Morgan fingerprint density at radius 1 is 1.14 bits per heavy atom. The van der Waals surface area contributed by atoms with E-state index in [2.05, 4.69) is 4.72 Å². The summed E-state index contributed by atoms with van der Waals surface area (Å²) in [7, 11) is -3.95. The molecule has 0 radical (unpaired) electrons. The second kappa shape index (κ2) is 5.54. The molecule has 0 heterocycles. The van der Waals surface area contributed by atoms with E-state index in [1.54, 1.807) is 13.0 Å². The van der Waals surface area contributed by atoms with E-state index >= 15 is 0 Å². The molecule has 0 aromatic heterocycles. The predicted molar refractivity (Wildman–Crippen MR) is 82.5 cm³/mol. The van der Waals surface area contributed by atoms with Gasteiger partial charge in [-0.1, -0.05) is 11.6 Å². The Morgan fingerprint density at radius 2 is 1.76 bits per heavy atom. The first-order chi connectivity index (χ1) is 9.70. The van der Waals surface area contributed by atoms with Gasteiger partial charge in [-0.3, -0.25) is 4.72 Å². The molecule has 0 amide bonds. The van der Waals surface area contributed by atoms with Crippen LogP contribution in [0, 0.1) is 19.7 Å². The zero-order valence-electron chi connectivity index (χ0n) is 11.4. The number of nitrogens with two attached hydrogens (primary N) is 1. The molecule has 2 aromatic carbocycles. The summed E-state index contributed by atoms with van der Waals surface area (Å²) in [6.45, 7) is 3.61. The van der Waals surface area contributed by atoms with Crippen LogP contribution in [-0.4, -0.2) is 8.42 Å². The molecule has 7 heteroatoms. The van der Waals surface area contributed by atoms with Crippen LogP contribution in [0.1, 0.15) is 11.1 Å². The molecule has 21 heavy (non-hydrogen) atoms. The van der Waals surface area contributed by atoms with Gasteiger partial charge in [-0.15, -0.1) is 0 Å². The van der Waals surface area contributed by atoms with Crippen LogP contribution in [0.2, 0.25) is 5.02 Å². The van der Waals surface area contributed by atoms with Gasteiger partial charge in [-0.05, 0) is 55.3 Å². The Bertz CT molecular complexity index is 807. The first-order valence-corrected chi connectivity index (χ1v) is 7.91. The summed E-state index contributed by atoms with van der Waals surface area (Å²) in [6, 6.07) is 6.48. The number of hydrogen-bond donors (Lipinski definition) is 2. The molecular formula is C14H14ClFN2O2S. The lowest BCUT2D eigenvalue weighted by molar-refractivity contribution is 0.601. The maximum Gasteiger partial charge on any atom is 0.264 e. The van der Waals surface area contributed by atoms with Crippen molar-refractivity contribution in [3.05, 3.63) is 52.3 Å². The van der Waals surface area contributed by atoms with Crippen molar-refractivity contribution in [1.82, 2.24) is 0 Å². The van der Waals surface area contributed by atoms with Gasteiger partial charge < -0.3 is 5.73 Å². The zero-order chi connectivity index (χ0) is 15.8. The molecule has 0 spiro atoms. The maximum atomic E-state index is 13.2. The molecule has 0 aliphatic heterocycles. The highest BCUT2D eigenvalue weighted by atomic mass is 35.5. The molecule has 4 nitrogen and oxygen atoms in total. The number of halogens is 2. The van der Waals surface area contributed by atoms with Gasteiger partial charge in [0.05, 0.1) is 16.4 Å². The SMILES string of the molecule is Cc1cc(N)c(S(=O)(=O)Nc2cc(F)ccc2Cl)cc1C. The first kappa shape index (κ1) is 15.6. The number of benzene rings is 2. The summed E-state index contributed by atoms with van der Waals surface area (Å²) in [5.41, 5.74) is 7.53. The van der Waals surface area contributed by atoms with Crippen LogP contribution in [0.15, 0.2) is 35.2 Å². The number of anilines is 2. The highest BCUT2D eigenvalue weighted by molar-refractivity contribution is 7.92. The Morgan fingerprint density at radius 3 is 2.43 bits per heavy atom.